The maximum absolute atomic E-state index is 14.2. The summed E-state index contributed by atoms with van der Waals surface area (Å²) in [5.74, 6) is -39.2. The van der Waals surface area contributed by atoms with Crippen LogP contribution in [0, 0.1) is 87.3 Å². The Morgan fingerprint density at radius 2 is 0.617 bits per heavy atom. The molecule has 0 radical (unpaired) electrons. The smallest absolute Gasteiger partial charge is 0.200 e. The fourth-order valence-electron chi connectivity index (χ4n) is 3.80. The maximum Gasteiger partial charge on any atom is 0.200 e. The highest BCUT2D eigenvalue weighted by atomic mass is 19.2. The van der Waals surface area contributed by atoms with E-state index in [2.05, 4.69) is 0 Å². The molecule has 4 rings (SSSR count). The van der Waals surface area contributed by atoms with Crippen LogP contribution in [-0.2, 0) is 19.8 Å². The third kappa shape index (κ3) is 6.20. The highest BCUT2D eigenvalue weighted by Gasteiger charge is 2.29. The van der Waals surface area contributed by atoms with E-state index in [1.165, 1.54) is 0 Å². The Labute approximate surface area is 250 Å². The van der Waals surface area contributed by atoms with Gasteiger partial charge in [-0.05, 0) is 0 Å². The normalized spacial score (nSPS) is 11.2. The van der Waals surface area contributed by atoms with Crippen molar-refractivity contribution in [2.75, 3.05) is 0 Å². The van der Waals surface area contributed by atoms with Crippen LogP contribution in [0.15, 0.2) is 12.1 Å². The molecule has 19 heteroatoms. The van der Waals surface area contributed by atoms with Crippen LogP contribution >= 0.6 is 0 Å². The van der Waals surface area contributed by atoms with Crippen LogP contribution in [0.1, 0.15) is 27.0 Å². The zero-order chi connectivity index (χ0) is 35.1. The number of halogens is 15. The fraction of sp³-hybridized carbons (Fsp3) is 0.107. The van der Waals surface area contributed by atoms with Gasteiger partial charge < -0.3 is 14.2 Å². The van der Waals surface area contributed by atoms with Crippen molar-refractivity contribution < 1.29 is 84.9 Å². The summed E-state index contributed by atoms with van der Waals surface area (Å²) in [6, 6.07) is 1.01. The summed E-state index contributed by atoms with van der Waals surface area (Å²) >= 11 is 0. The monoisotopic (exact) mass is 694 g/mol. The first kappa shape index (κ1) is 34.8. The van der Waals surface area contributed by atoms with Crippen molar-refractivity contribution in [2.24, 2.45) is 0 Å². The average molecular weight is 694 g/mol. The quantitative estimate of drug-likeness (QED) is 0.0726. The van der Waals surface area contributed by atoms with E-state index >= 15 is 0 Å². The Bertz CT molecular complexity index is 1750. The minimum Gasteiger partial charge on any atom is -0.488 e. The SMILES string of the molecule is O=Cc1c(OCc2c(F)c(F)c(F)c(F)c2F)cc(OCc2c(F)c(F)c(F)c(F)c2F)cc1OCc1c(F)c(F)c(F)c(F)c1F. The average Bonchev–Trinajstić information content (AvgIpc) is 3.06. The van der Waals surface area contributed by atoms with Gasteiger partial charge in [-0.3, -0.25) is 4.79 Å². The van der Waals surface area contributed by atoms with Crippen molar-refractivity contribution >= 4 is 6.29 Å². The van der Waals surface area contributed by atoms with Crippen molar-refractivity contribution in [3.05, 3.63) is 122 Å². The number of ether oxygens (including phenoxy) is 3. The molecule has 0 bridgehead atoms. The lowest BCUT2D eigenvalue weighted by atomic mass is 10.1. The molecule has 0 aromatic heterocycles. The zero-order valence-electron chi connectivity index (χ0n) is 22.2. The first-order valence-electron chi connectivity index (χ1n) is 12.1. The molecular weight excluding hydrogens is 685 g/mol. The van der Waals surface area contributed by atoms with Gasteiger partial charge in [-0.2, -0.15) is 0 Å². The fourth-order valence-corrected chi connectivity index (χ4v) is 3.80. The first-order chi connectivity index (χ1) is 22.0. The number of hydrogen-bond acceptors (Lipinski definition) is 4. The summed E-state index contributed by atoms with van der Waals surface area (Å²) < 4.78 is 222. The van der Waals surface area contributed by atoms with E-state index in [1.807, 2.05) is 0 Å². The number of rotatable bonds is 10. The predicted octanol–water partition coefficient (Wildman–Crippen LogP) is 8.32. The molecule has 0 saturated carbocycles. The molecule has 0 spiro atoms. The van der Waals surface area contributed by atoms with Gasteiger partial charge in [-0.15, -0.1) is 0 Å². The zero-order valence-corrected chi connectivity index (χ0v) is 22.2. The molecule has 4 nitrogen and oxygen atoms in total. The van der Waals surface area contributed by atoms with Gasteiger partial charge in [0.05, 0.1) is 22.3 Å². The summed E-state index contributed by atoms with van der Waals surface area (Å²) in [6.07, 6.45) is -0.213. The first-order valence-corrected chi connectivity index (χ1v) is 12.1. The largest absolute Gasteiger partial charge is 0.488 e. The van der Waals surface area contributed by atoms with Gasteiger partial charge in [0.25, 0.3) is 0 Å². The predicted molar refractivity (Wildman–Crippen MR) is 124 cm³/mol. The van der Waals surface area contributed by atoms with Crippen LogP contribution in [0.4, 0.5) is 65.9 Å². The molecular formula is C28H9F15O4. The van der Waals surface area contributed by atoms with Crippen molar-refractivity contribution in [3.63, 3.8) is 0 Å². The summed E-state index contributed by atoms with van der Waals surface area (Å²) in [4.78, 5) is 11.9. The minimum atomic E-state index is -2.55. The summed E-state index contributed by atoms with van der Waals surface area (Å²) in [6.45, 7) is -4.67. The van der Waals surface area contributed by atoms with E-state index in [9.17, 15) is 70.7 Å². The van der Waals surface area contributed by atoms with Gasteiger partial charge >= 0.3 is 0 Å². The molecule has 0 N–H and O–H groups in total. The highest BCUT2D eigenvalue weighted by molar-refractivity contribution is 5.84. The van der Waals surface area contributed by atoms with Crippen molar-refractivity contribution in [1.29, 1.82) is 0 Å². The van der Waals surface area contributed by atoms with Crippen LogP contribution < -0.4 is 14.2 Å². The van der Waals surface area contributed by atoms with Gasteiger partial charge in [0, 0.05) is 12.1 Å². The van der Waals surface area contributed by atoms with Crippen molar-refractivity contribution in [2.45, 2.75) is 19.8 Å². The molecule has 0 atom stereocenters. The van der Waals surface area contributed by atoms with Crippen LogP contribution in [0.2, 0.25) is 0 Å². The van der Waals surface area contributed by atoms with Gasteiger partial charge in [0.1, 0.15) is 37.1 Å². The Morgan fingerprint density at radius 3 is 0.872 bits per heavy atom. The molecule has 250 valence electrons. The third-order valence-electron chi connectivity index (χ3n) is 6.22. The molecule has 0 amide bonds. The molecule has 47 heavy (non-hydrogen) atoms. The lowest BCUT2D eigenvalue weighted by molar-refractivity contribution is 0.111. The summed E-state index contributed by atoms with van der Waals surface area (Å²) in [5, 5.41) is 0. The number of aldehydes is 1. The van der Waals surface area contributed by atoms with E-state index in [-0.39, 0.29) is 6.29 Å². The lowest BCUT2D eigenvalue weighted by Crippen LogP contribution is -2.12. The van der Waals surface area contributed by atoms with E-state index in [0.717, 1.165) is 0 Å². The van der Waals surface area contributed by atoms with E-state index in [1.54, 1.807) is 0 Å². The van der Waals surface area contributed by atoms with Crippen LogP contribution in [0.25, 0.3) is 0 Å². The van der Waals surface area contributed by atoms with Gasteiger partial charge in [0.2, 0.25) is 17.5 Å². The van der Waals surface area contributed by atoms with Crippen LogP contribution in [0.5, 0.6) is 17.2 Å². The molecule has 0 saturated heterocycles. The number of hydrogen-bond donors (Lipinski definition) is 0. The Morgan fingerprint density at radius 1 is 0.383 bits per heavy atom. The van der Waals surface area contributed by atoms with Crippen molar-refractivity contribution in [1.82, 2.24) is 0 Å². The van der Waals surface area contributed by atoms with E-state index < -0.39 is 147 Å². The van der Waals surface area contributed by atoms with E-state index in [0.29, 0.717) is 12.1 Å². The molecule has 0 heterocycles. The Hall–Kier alpha value is -5.10. The highest BCUT2D eigenvalue weighted by Crippen LogP contribution is 2.36. The number of benzene rings is 4. The molecule has 0 unspecified atom stereocenters. The summed E-state index contributed by atoms with van der Waals surface area (Å²) in [5.41, 5.74) is -5.75. The lowest BCUT2D eigenvalue weighted by Gasteiger charge is -2.17. The third-order valence-corrected chi connectivity index (χ3v) is 6.22. The van der Waals surface area contributed by atoms with Gasteiger partial charge in [-0.25, -0.2) is 65.9 Å². The molecule has 0 aliphatic heterocycles. The Balaban J connectivity index is 1.78. The van der Waals surface area contributed by atoms with Gasteiger partial charge in [-0.1, -0.05) is 0 Å². The van der Waals surface area contributed by atoms with Crippen LogP contribution in [-0.4, -0.2) is 6.29 Å². The van der Waals surface area contributed by atoms with Crippen LogP contribution in [0.3, 0.4) is 0 Å². The second-order valence-electron chi connectivity index (χ2n) is 8.96. The molecule has 4 aromatic carbocycles. The molecule has 0 aliphatic rings. The number of carbonyl (C=O) groups excluding carboxylic acids is 1. The molecule has 4 aromatic rings. The second kappa shape index (κ2) is 13.3. The maximum atomic E-state index is 14.2. The van der Waals surface area contributed by atoms with Gasteiger partial charge in [0.15, 0.2) is 76.1 Å². The molecule has 0 fully saturated rings. The van der Waals surface area contributed by atoms with E-state index in [4.69, 9.17) is 14.2 Å². The topological polar surface area (TPSA) is 44.8 Å². The number of carbonyl (C=O) groups is 1. The Kier molecular flexibility index (Phi) is 9.86. The molecule has 0 aliphatic carbocycles. The van der Waals surface area contributed by atoms with Crippen molar-refractivity contribution in [3.8, 4) is 17.2 Å². The standard InChI is InChI=1S/C28H9F15O4/c29-14-9(15(30)21(36)26(41)20(14)35)4-45-7-1-12(46-5-10-16(31)22(37)27(42)23(38)17(10)32)8(3-44)13(2-7)47-6-11-18(33)24(39)28(43)25(40)19(11)34/h1-3H,4-6H2. The summed E-state index contributed by atoms with van der Waals surface area (Å²) in [7, 11) is 0. The minimum absolute atomic E-state index is 0.213. The second-order valence-corrected chi connectivity index (χ2v) is 8.96.